The minimum atomic E-state index is -0.123. The quantitative estimate of drug-likeness (QED) is 0.902. The largest absolute Gasteiger partial charge is 0.361 e. The smallest absolute Gasteiger partial charge is 0.161 e. The maximum Gasteiger partial charge on any atom is 0.161 e. The first-order valence-corrected chi connectivity index (χ1v) is 8.09. The van der Waals surface area contributed by atoms with Crippen LogP contribution >= 0.6 is 0 Å². The van der Waals surface area contributed by atoms with E-state index in [0.29, 0.717) is 18.4 Å². The Bertz CT molecular complexity index is 748. The highest BCUT2D eigenvalue weighted by Crippen LogP contribution is 2.43. The van der Waals surface area contributed by atoms with E-state index in [9.17, 15) is 10.1 Å². The molecule has 1 aliphatic heterocycles. The van der Waals surface area contributed by atoms with Crippen molar-refractivity contribution in [1.82, 2.24) is 5.32 Å². The molecule has 23 heavy (non-hydrogen) atoms. The average molecular weight is 306 g/mol. The number of rotatable bonds is 2. The van der Waals surface area contributed by atoms with E-state index < -0.39 is 0 Å². The van der Waals surface area contributed by atoms with E-state index in [2.05, 4.69) is 37.4 Å². The maximum absolute atomic E-state index is 12.8. The molecule has 0 fully saturated rings. The van der Waals surface area contributed by atoms with Crippen LogP contribution < -0.4 is 5.32 Å². The van der Waals surface area contributed by atoms with Gasteiger partial charge in [-0.2, -0.15) is 5.26 Å². The number of Topliss-reactive ketones (excluding diaryl/α,β-unsaturated/α-hetero) is 1. The number of allylic oxidation sites excluding steroid dienone is 4. The van der Waals surface area contributed by atoms with Crippen molar-refractivity contribution in [1.29, 1.82) is 5.26 Å². The molecule has 3 nitrogen and oxygen atoms in total. The monoisotopic (exact) mass is 306 g/mol. The number of nitriles is 1. The number of benzene rings is 1. The van der Waals surface area contributed by atoms with E-state index >= 15 is 0 Å². The van der Waals surface area contributed by atoms with Gasteiger partial charge in [-0.3, -0.25) is 4.79 Å². The average Bonchev–Trinajstić information content (AvgIpc) is 2.46. The molecule has 3 heteroatoms. The fraction of sp³-hybridized carbons (Fsp3) is 0.400. The summed E-state index contributed by atoms with van der Waals surface area (Å²) in [4.78, 5) is 12.8. The highest BCUT2D eigenvalue weighted by molar-refractivity contribution is 5.99. The molecule has 1 aliphatic carbocycles. The SMILES string of the molecule is CC1=C(C#N)[C@@H](Cc2ccccc2)C2=C(CC(C)(C)CC2=O)N1. The van der Waals surface area contributed by atoms with Crippen LogP contribution in [-0.4, -0.2) is 5.78 Å². The lowest BCUT2D eigenvalue weighted by Gasteiger charge is -2.38. The minimum absolute atomic E-state index is 0.0232. The van der Waals surface area contributed by atoms with Gasteiger partial charge in [0.1, 0.15) is 0 Å². The molecule has 0 aromatic heterocycles. The Labute approximate surface area is 137 Å². The van der Waals surface area contributed by atoms with Gasteiger partial charge in [-0.1, -0.05) is 44.2 Å². The molecule has 1 N–H and O–H groups in total. The van der Waals surface area contributed by atoms with Gasteiger partial charge in [0.25, 0.3) is 0 Å². The number of carbonyl (C=O) groups is 1. The van der Waals surface area contributed by atoms with Gasteiger partial charge in [-0.05, 0) is 30.7 Å². The zero-order valence-electron chi connectivity index (χ0n) is 13.9. The summed E-state index contributed by atoms with van der Waals surface area (Å²) in [6.45, 7) is 6.19. The van der Waals surface area contributed by atoms with Crippen LogP contribution in [0.25, 0.3) is 0 Å². The maximum atomic E-state index is 12.8. The van der Waals surface area contributed by atoms with Crippen molar-refractivity contribution in [3.8, 4) is 6.07 Å². The lowest BCUT2D eigenvalue weighted by molar-refractivity contribution is -0.118. The highest BCUT2D eigenvalue weighted by Gasteiger charge is 2.40. The first-order chi connectivity index (χ1) is 10.9. The summed E-state index contributed by atoms with van der Waals surface area (Å²) in [5.74, 6) is 0.0622. The van der Waals surface area contributed by atoms with E-state index in [1.54, 1.807) is 0 Å². The molecule has 0 amide bonds. The van der Waals surface area contributed by atoms with Crippen LogP contribution in [0.15, 0.2) is 52.9 Å². The van der Waals surface area contributed by atoms with E-state index in [1.165, 1.54) is 0 Å². The highest BCUT2D eigenvalue weighted by atomic mass is 16.1. The van der Waals surface area contributed by atoms with Gasteiger partial charge in [0.15, 0.2) is 5.78 Å². The predicted molar refractivity (Wildman–Crippen MR) is 90.1 cm³/mol. The third kappa shape index (κ3) is 2.94. The Morgan fingerprint density at radius 3 is 2.61 bits per heavy atom. The second kappa shape index (κ2) is 5.70. The van der Waals surface area contributed by atoms with E-state index in [0.717, 1.165) is 29.0 Å². The number of nitrogens with zero attached hydrogens (tertiary/aromatic N) is 1. The molecule has 1 atom stereocenters. The van der Waals surface area contributed by atoms with Gasteiger partial charge in [0.05, 0.1) is 11.6 Å². The molecular weight excluding hydrogens is 284 g/mol. The fourth-order valence-corrected chi connectivity index (χ4v) is 3.77. The molecule has 0 saturated carbocycles. The van der Waals surface area contributed by atoms with E-state index in [-0.39, 0.29) is 17.1 Å². The van der Waals surface area contributed by atoms with Crippen molar-refractivity contribution in [3.05, 3.63) is 58.4 Å². The van der Waals surface area contributed by atoms with Crippen LogP contribution in [0.2, 0.25) is 0 Å². The molecule has 0 radical (unpaired) electrons. The summed E-state index contributed by atoms with van der Waals surface area (Å²) < 4.78 is 0. The number of hydrogen-bond acceptors (Lipinski definition) is 3. The normalized spacial score (nSPS) is 23.2. The van der Waals surface area contributed by atoms with E-state index in [1.807, 2.05) is 25.1 Å². The van der Waals surface area contributed by atoms with Gasteiger partial charge >= 0.3 is 0 Å². The molecule has 3 rings (SSSR count). The summed E-state index contributed by atoms with van der Waals surface area (Å²) in [5.41, 5.74) is 4.56. The lowest BCUT2D eigenvalue weighted by atomic mass is 9.69. The summed E-state index contributed by atoms with van der Waals surface area (Å²) in [5, 5.41) is 12.9. The van der Waals surface area contributed by atoms with Crippen molar-refractivity contribution < 1.29 is 4.79 Å². The van der Waals surface area contributed by atoms with Crippen LogP contribution in [0, 0.1) is 22.7 Å². The Kier molecular flexibility index (Phi) is 3.85. The van der Waals surface area contributed by atoms with Crippen molar-refractivity contribution in [2.45, 2.75) is 40.0 Å². The second-order valence-corrected chi connectivity index (χ2v) is 7.35. The van der Waals surface area contributed by atoms with Gasteiger partial charge < -0.3 is 5.32 Å². The number of ketones is 1. The molecule has 0 bridgehead atoms. The van der Waals surface area contributed by atoms with Gasteiger partial charge in [0, 0.05) is 29.3 Å². The summed E-state index contributed by atoms with van der Waals surface area (Å²) in [6, 6.07) is 12.4. The molecule has 0 saturated heterocycles. The molecule has 0 spiro atoms. The Hall–Kier alpha value is -2.34. The summed E-state index contributed by atoms with van der Waals surface area (Å²) in [6.07, 6.45) is 2.11. The molecular formula is C20H22N2O. The third-order valence-electron chi connectivity index (χ3n) is 4.76. The topological polar surface area (TPSA) is 52.9 Å². The molecule has 1 aromatic rings. The number of hydrogen-bond donors (Lipinski definition) is 1. The van der Waals surface area contributed by atoms with Gasteiger partial charge in [0.2, 0.25) is 0 Å². The first kappa shape index (κ1) is 15.6. The summed E-state index contributed by atoms with van der Waals surface area (Å²) in [7, 11) is 0. The standard InChI is InChI=1S/C20H22N2O/c1-13-16(12-21)15(9-14-7-5-4-6-8-14)19-17(22-13)10-20(2,3)11-18(19)23/h4-8,15,22H,9-11H2,1-3H3/t15-/m1/s1. The minimum Gasteiger partial charge on any atom is -0.361 e. The molecule has 118 valence electrons. The van der Waals surface area contributed by atoms with Crippen molar-refractivity contribution >= 4 is 5.78 Å². The second-order valence-electron chi connectivity index (χ2n) is 7.35. The lowest BCUT2D eigenvalue weighted by Crippen LogP contribution is -2.38. The Balaban J connectivity index is 2.04. The Morgan fingerprint density at radius 1 is 1.26 bits per heavy atom. The molecule has 0 unspecified atom stereocenters. The van der Waals surface area contributed by atoms with Crippen molar-refractivity contribution in [3.63, 3.8) is 0 Å². The number of dihydropyridines is 1. The molecule has 2 aliphatic rings. The van der Waals surface area contributed by atoms with Gasteiger partial charge in [-0.25, -0.2) is 0 Å². The van der Waals surface area contributed by atoms with Crippen LogP contribution in [0.4, 0.5) is 0 Å². The fourth-order valence-electron chi connectivity index (χ4n) is 3.77. The first-order valence-electron chi connectivity index (χ1n) is 8.09. The zero-order chi connectivity index (χ0) is 16.6. The molecule has 1 aromatic carbocycles. The zero-order valence-corrected chi connectivity index (χ0v) is 13.9. The Morgan fingerprint density at radius 2 is 1.96 bits per heavy atom. The van der Waals surface area contributed by atoms with Gasteiger partial charge in [-0.15, -0.1) is 0 Å². The third-order valence-corrected chi connectivity index (χ3v) is 4.76. The van der Waals surface area contributed by atoms with Crippen molar-refractivity contribution in [2.75, 3.05) is 0 Å². The van der Waals surface area contributed by atoms with Crippen molar-refractivity contribution in [2.24, 2.45) is 11.3 Å². The predicted octanol–water partition coefficient (Wildman–Crippen LogP) is 3.89. The number of nitrogens with one attached hydrogen (secondary N) is 1. The van der Waals surface area contributed by atoms with Crippen LogP contribution in [-0.2, 0) is 11.2 Å². The van der Waals surface area contributed by atoms with Crippen LogP contribution in [0.5, 0.6) is 0 Å². The van der Waals surface area contributed by atoms with E-state index in [4.69, 9.17) is 0 Å². The van der Waals surface area contributed by atoms with Crippen LogP contribution in [0.1, 0.15) is 39.2 Å². The van der Waals surface area contributed by atoms with Crippen LogP contribution in [0.3, 0.4) is 0 Å². The number of carbonyl (C=O) groups excluding carboxylic acids is 1. The molecule has 1 heterocycles. The summed E-state index contributed by atoms with van der Waals surface area (Å²) >= 11 is 0.